The van der Waals surface area contributed by atoms with Gasteiger partial charge in [0, 0.05) is 13.1 Å². The van der Waals surface area contributed by atoms with E-state index < -0.39 is 0 Å². The van der Waals surface area contributed by atoms with Crippen LogP contribution >= 0.6 is 0 Å². The summed E-state index contributed by atoms with van der Waals surface area (Å²) in [5.41, 5.74) is 5.73. The van der Waals surface area contributed by atoms with E-state index in [4.69, 9.17) is 5.73 Å². The van der Waals surface area contributed by atoms with Crippen LogP contribution in [-0.2, 0) is 0 Å². The zero-order chi connectivity index (χ0) is 9.68. The zero-order valence-corrected chi connectivity index (χ0v) is 9.13. The molecular weight excluding hydrogens is 160 g/mol. The monoisotopic (exact) mass is 184 g/mol. The third-order valence-corrected chi connectivity index (χ3v) is 2.87. The highest BCUT2D eigenvalue weighted by Crippen LogP contribution is 2.29. The van der Waals surface area contributed by atoms with Crippen LogP contribution in [0.1, 0.15) is 32.6 Å². The average molecular weight is 184 g/mol. The predicted octanol–water partition coefficient (Wildman–Crippen LogP) is 1.70. The molecule has 2 N–H and O–H groups in total. The van der Waals surface area contributed by atoms with Crippen LogP contribution in [0.4, 0.5) is 0 Å². The fraction of sp³-hybridized carbons (Fsp3) is 1.00. The van der Waals surface area contributed by atoms with E-state index in [1.807, 2.05) is 0 Å². The molecule has 0 bridgehead atoms. The highest BCUT2D eigenvalue weighted by atomic mass is 15.1. The SMILES string of the molecule is CCCC(CN)CN(C)CC1CC1. The Balaban J connectivity index is 2.10. The van der Waals surface area contributed by atoms with Crippen molar-refractivity contribution in [1.29, 1.82) is 0 Å². The smallest absolute Gasteiger partial charge is 0.00188 e. The third-order valence-electron chi connectivity index (χ3n) is 2.87. The summed E-state index contributed by atoms with van der Waals surface area (Å²) >= 11 is 0. The molecule has 1 fully saturated rings. The van der Waals surface area contributed by atoms with E-state index >= 15 is 0 Å². The molecule has 2 heteroatoms. The lowest BCUT2D eigenvalue weighted by atomic mass is 10.0. The Labute approximate surface area is 82.5 Å². The van der Waals surface area contributed by atoms with Gasteiger partial charge >= 0.3 is 0 Å². The molecular formula is C11H24N2. The second-order valence-electron chi connectivity index (χ2n) is 4.55. The minimum absolute atomic E-state index is 0.716. The van der Waals surface area contributed by atoms with Gasteiger partial charge in [-0.25, -0.2) is 0 Å². The molecule has 1 aliphatic carbocycles. The number of rotatable bonds is 7. The summed E-state index contributed by atoms with van der Waals surface area (Å²) in [4.78, 5) is 2.46. The van der Waals surface area contributed by atoms with Crippen molar-refractivity contribution in [1.82, 2.24) is 4.90 Å². The fourth-order valence-electron chi connectivity index (χ4n) is 1.95. The van der Waals surface area contributed by atoms with Gasteiger partial charge in [0.1, 0.15) is 0 Å². The van der Waals surface area contributed by atoms with Crippen molar-refractivity contribution in [3.8, 4) is 0 Å². The lowest BCUT2D eigenvalue weighted by molar-refractivity contribution is 0.261. The molecule has 1 rings (SSSR count). The molecule has 1 atom stereocenters. The van der Waals surface area contributed by atoms with E-state index in [0.717, 1.165) is 12.5 Å². The molecule has 1 unspecified atom stereocenters. The summed E-state index contributed by atoms with van der Waals surface area (Å²) in [5, 5.41) is 0. The maximum Gasteiger partial charge on any atom is 0.00188 e. The summed E-state index contributed by atoms with van der Waals surface area (Å²) in [6.45, 7) is 5.58. The molecule has 0 aromatic rings. The number of nitrogens with two attached hydrogens (primary N) is 1. The molecule has 0 aliphatic heterocycles. The Morgan fingerprint density at radius 1 is 1.46 bits per heavy atom. The van der Waals surface area contributed by atoms with Crippen LogP contribution in [0.25, 0.3) is 0 Å². The largest absolute Gasteiger partial charge is 0.330 e. The second-order valence-corrected chi connectivity index (χ2v) is 4.55. The fourth-order valence-corrected chi connectivity index (χ4v) is 1.95. The first kappa shape index (κ1) is 11.0. The van der Waals surface area contributed by atoms with Gasteiger partial charge in [0.15, 0.2) is 0 Å². The normalized spacial score (nSPS) is 19.4. The minimum Gasteiger partial charge on any atom is -0.330 e. The molecule has 0 heterocycles. The lowest BCUT2D eigenvalue weighted by Crippen LogP contribution is -2.31. The summed E-state index contributed by atoms with van der Waals surface area (Å²) < 4.78 is 0. The van der Waals surface area contributed by atoms with Crippen molar-refractivity contribution in [2.75, 3.05) is 26.7 Å². The highest BCUT2D eigenvalue weighted by Gasteiger charge is 2.23. The quantitative estimate of drug-likeness (QED) is 0.652. The van der Waals surface area contributed by atoms with E-state index in [1.165, 1.54) is 38.8 Å². The topological polar surface area (TPSA) is 29.3 Å². The Hall–Kier alpha value is -0.0800. The van der Waals surface area contributed by atoms with Crippen LogP contribution in [0.3, 0.4) is 0 Å². The van der Waals surface area contributed by atoms with Gasteiger partial charge in [0.25, 0.3) is 0 Å². The number of hydrogen-bond donors (Lipinski definition) is 1. The van der Waals surface area contributed by atoms with Crippen LogP contribution in [0.5, 0.6) is 0 Å². The predicted molar refractivity (Wildman–Crippen MR) is 57.7 cm³/mol. The minimum atomic E-state index is 0.716. The molecule has 1 aliphatic rings. The lowest BCUT2D eigenvalue weighted by Gasteiger charge is -2.22. The first-order chi connectivity index (χ1) is 6.26. The Bertz CT molecular complexity index is 132. The van der Waals surface area contributed by atoms with Gasteiger partial charge in [-0.1, -0.05) is 13.3 Å². The molecule has 0 aromatic heterocycles. The van der Waals surface area contributed by atoms with Gasteiger partial charge in [-0.15, -0.1) is 0 Å². The van der Waals surface area contributed by atoms with Crippen molar-refractivity contribution in [2.45, 2.75) is 32.6 Å². The molecule has 0 amide bonds. The van der Waals surface area contributed by atoms with Crippen molar-refractivity contribution in [2.24, 2.45) is 17.6 Å². The van der Waals surface area contributed by atoms with Gasteiger partial charge in [-0.05, 0) is 44.7 Å². The van der Waals surface area contributed by atoms with Crippen molar-refractivity contribution in [3.63, 3.8) is 0 Å². The van der Waals surface area contributed by atoms with Crippen LogP contribution < -0.4 is 5.73 Å². The summed E-state index contributed by atoms with van der Waals surface area (Å²) in [6, 6.07) is 0. The summed E-state index contributed by atoms with van der Waals surface area (Å²) in [6.07, 6.45) is 5.45. The van der Waals surface area contributed by atoms with E-state index in [1.54, 1.807) is 0 Å². The van der Waals surface area contributed by atoms with Crippen molar-refractivity contribution < 1.29 is 0 Å². The Morgan fingerprint density at radius 3 is 2.62 bits per heavy atom. The van der Waals surface area contributed by atoms with Crippen molar-refractivity contribution in [3.05, 3.63) is 0 Å². The first-order valence-electron chi connectivity index (χ1n) is 5.64. The molecule has 78 valence electrons. The van der Waals surface area contributed by atoms with Gasteiger partial charge < -0.3 is 10.6 Å². The van der Waals surface area contributed by atoms with E-state index in [0.29, 0.717) is 5.92 Å². The molecule has 0 spiro atoms. The maximum absolute atomic E-state index is 5.73. The Kier molecular flexibility index (Phi) is 4.74. The third kappa shape index (κ3) is 4.63. The van der Waals surface area contributed by atoms with E-state index in [-0.39, 0.29) is 0 Å². The maximum atomic E-state index is 5.73. The number of nitrogens with zero attached hydrogens (tertiary/aromatic N) is 1. The standard InChI is InChI=1S/C11H24N2/c1-3-4-11(7-12)9-13(2)8-10-5-6-10/h10-11H,3-9,12H2,1-2H3. The summed E-state index contributed by atoms with van der Waals surface area (Å²) in [5.74, 6) is 1.72. The van der Waals surface area contributed by atoms with Gasteiger partial charge in [0.2, 0.25) is 0 Å². The van der Waals surface area contributed by atoms with Gasteiger partial charge in [0.05, 0.1) is 0 Å². The highest BCUT2D eigenvalue weighted by molar-refractivity contribution is 4.77. The average Bonchev–Trinajstić information content (AvgIpc) is 2.87. The molecule has 0 radical (unpaired) electrons. The van der Waals surface area contributed by atoms with E-state index in [2.05, 4.69) is 18.9 Å². The molecule has 1 saturated carbocycles. The summed E-state index contributed by atoms with van der Waals surface area (Å²) in [7, 11) is 2.23. The molecule has 0 aromatic carbocycles. The van der Waals surface area contributed by atoms with Crippen LogP contribution in [0.15, 0.2) is 0 Å². The van der Waals surface area contributed by atoms with Crippen molar-refractivity contribution >= 4 is 0 Å². The van der Waals surface area contributed by atoms with Crippen LogP contribution in [-0.4, -0.2) is 31.6 Å². The number of hydrogen-bond acceptors (Lipinski definition) is 2. The zero-order valence-electron chi connectivity index (χ0n) is 9.13. The first-order valence-corrected chi connectivity index (χ1v) is 5.64. The van der Waals surface area contributed by atoms with E-state index in [9.17, 15) is 0 Å². The molecule has 2 nitrogen and oxygen atoms in total. The van der Waals surface area contributed by atoms with Crippen LogP contribution in [0.2, 0.25) is 0 Å². The van der Waals surface area contributed by atoms with Gasteiger partial charge in [-0.2, -0.15) is 0 Å². The molecule has 13 heavy (non-hydrogen) atoms. The van der Waals surface area contributed by atoms with Crippen LogP contribution in [0, 0.1) is 11.8 Å². The molecule has 0 saturated heterocycles. The Morgan fingerprint density at radius 2 is 2.15 bits per heavy atom. The second kappa shape index (κ2) is 5.61. The van der Waals surface area contributed by atoms with Gasteiger partial charge in [-0.3, -0.25) is 0 Å².